The highest BCUT2D eigenvalue weighted by molar-refractivity contribution is 5.96. The first kappa shape index (κ1) is 23.7. The van der Waals surface area contributed by atoms with Crippen molar-refractivity contribution in [3.8, 4) is 0 Å². The zero-order valence-electron chi connectivity index (χ0n) is 19.2. The van der Waals surface area contributed by atoms with Crippen LogP contribution in [-0.4, -0.2) is 34.0 Å². The van der Waals surface area contributed by atoms with E-state index in [1.807, 2.05) is 25.5 Å². The lowest BCUT2D eigenvalue weighted by molar-refractivity contribution is -0.136. The molecular weight excluding hydrogens is 422 g/mol. The van der Waals surface area contributed by atoms with Crippen molar-refractivity contribution in [2.24, 2.45) is 0 Å². The Bertz CT molecular complexity index is 1190. The number of nitrogens with zero attached hydrogens (tertiary/aromatic N) is 2. The number of furan rings is 1. The molecule has 0 radical (unpaired) electrons. The van der Waals surface area contributed by atoms with Gasteiger partial charge in [0, 0.05) is 24.3 Å². The number of ketones is 1. The van der Waals surface area contributed by atoms with Crippen LogP contribution >= 0.6 is 0 Å². The molecule has 3 rings (SSSR count). The molecule has 0 fully saturated rings. The van der Waals surface area contributed by atoms with E-state index in [0.717, 1.165) is 22.5 Å². The highest BCUT2D eigenvalue weighted by atomic mass is 16.5. The number of aromatic nitrogens is 2. The predicted octanol–water partition coefficient (Wildman–Crippen LogP) is 3.53. The maximum Gasteiger partial charge on any atom is 0.331 e. The zero-order chi connectivity index (χ0) is 24.0. The zero-order valence-corrected chi connectivity index (χ0v) is 19.2. The van der Waals surface area contributed by atoms with Crippen LogP contribution < -0.4 is 5.32 Å². The van der Waals surface area contributed by atoms with Crippen molar-refractivity contribution in [3.63, 3.8) is 0 Å². The summed E-state index contributed by atoms with van der Waals surface area (Å²) >= 11 is 0. The minimum atomic E-state index is -0.640. The fourth-order valence-corrected chi connectivity index (χ4v) is 3.21. The molecule has 1 N–H and O–H groups in total. The van der Waals surface area contributed by atoms with Gasteiger partial charge in [-0.3, -0.25) is 14.3 Å². The second-order valence-corrected chi connectivity index (χ2v) is 7.77. The minimum absolute atomic E-state index is 0.0659. The number of nitrogens with one attached hydrogen (secondary N) is 1. The fourth-order valence-electron chi connectivity index (χ4n) is 3.21. The molecule has 8 nitrogen and oxygen atoms in total. The molecule has 0 aliphatic heterocycles. The molecule has 1 aromatic carbocycles. The maximum absolute atomic E-state index is 12.2. The molecule has 0 unspecified atom stereocenters. The lowest BCUT2D eigenvalue weighted by atomic mass is 10.1. The van der Waals surface area contributed by atoms with Crippen molar-refractivity contribution in [1.82, 2.24) is 15.1 Å². The van der Waals surface area contributed by atoms with Gasteiger partial charge < -0.3 is 14.5 Å². The van der Waals surface area contributed by atoms with Crippen LogP contribution in [0.3, 0.4) is 0 Å². The van der Waals surface area contributed by atoms with Crippen molar-refractivity contribution in [2.75, 3.05) is 6.61 Å². The molecule has 0 aliphatic rings. The lowest BCUT2D eigenvalue weighted by Gasteiger charge is -2.05. The van der Waals surface area contributed by atoms with E-state index in [1.165, 1.54) is 24.6 Å². The Hall–Kier alpha value is -3.94. The quantitative estimate of drug-likeness (QED) is 0.305. The molecular formula is C25H27N3O5. The van der Waals surface area contributed by atoms with Gasteiger partial charge in [0.05, 0.1) is 18.8 Å². The first-order valence-corrected chi connectivity index (χ1v) is 10.5. The van der Waals surface area contributed by atoms with E-state index in [1.54, 1.807) is 12.1 Å². The topological polar surface area (TPSA) is 103 Å². The average Bonchev–Trinajstić information content (AvgIpc) is 3.35. The standard InChI is InChI=1S/C25H27N3O5/c1-16-5-7-20(8-6-16)14-28-18(3)22(17(2)27-28)10-12-25(31)32-15-23(30)24-11-9-21(33-24)13-26-19(4)29/h5-12H,13-15H2,1-4H3,(H,26,29). The number of hydrogen-bond acceptors (Lipinski definition) is 6. The number of amides is 1. The van der Waals surface area contributed by atoms with Crippen LogP contribution in [0.5, 0.6) is 0 Å². The monoisotopic (exact) mass is 449 g/mol. The smallest absolute Gasteiger partial charge is 0.331 e. The SMILES string of the molecule is CC(=O)NCc1ccc(C(=O)COC(=O)C=Cc2c(C)nn(Cc3ccc(C)cc3)c2C)o1. The Balaban J connectivity index is 1.56. The molecule has 2 heterocycles. The molecule has 0 saturated heterocycles. The number of carbonyl (C=O) groups is 3. The van der Waals surface area contributed by atoms with E-state index in [9.17, 15) is 14.4 Å². The van der Waals surface area contributed by atoms with Crippen LogP contribution in [0.15, 0.2) is 46.9 Å². The first-order valence-electron chi connectivity index (χ1n) is 10.5. The highest BCUT2D eigenvalue weighted by Gasteiger charge is 2.14. The largest absolute Gasteiger partial charge is 0.456 e. The van der Waals surface area contributed by atoms with E-state index in [4.69, 9.17) is 9.15 Å². The molecule has 0 spiro atoms. The van der Waals surface area contributed by atoms with Gasteiger partial charge in [-0.05, 0) is 44.5 Å². The van der Waals surface area contributed by atoms with E-state index < -0.39 is 18.4 Å². The van der Waals surface area contributed by atoms with E-state index >= 15 is 0 Å². The number of hydrogen-bond donors (Lipinski definition) is 1. The van der Waals surface area contributed by atoms with Crippen molar-refractivity contribution >= 4 is 23.7 Å². The lowest BCUT2D eigenvalue weighted by Crippen LogP contribution is -2.18. The van der Waals surface area contributed by atoms with Crippen molar-refractivity contribution < 1.29 is 23.5 Å². The van der Waals surface area contributed by atoms with Gasteiger partial charge in [-0.2, -0.15) is 5.10 Å². The van der Waals surface area contributed by atoms with Gasteiger partial charge >= 0.3 is 5.97 Å². The van der Waals surface area contributed by atoms with Crippen molar-refractivity contribution in [2.45, 2.75) is 40.8 Å². The molecule has 172 valence electrons. The summed E-state index contributed by atoms with van der Waals surface area (Å²) in [5.74, 6) is -0.807. The van der Waals surface area contributed by atoms with Crippen LogP contribution in [0.2, 0.25) is 0 Å². The normalized spacial score (nSPS) is 11.0. The van der Waals surface area contributed by atoms with Crippen LogP contribution in [0.4, 0.5) is 0 Å². The maximum atomic E-state index is 12.2. The molecule has 2 aromatic heterocycles. The highest BCUT2D eigenvalue weighted by Crippen LogP contribution is 2.17. The van der Waals surface area contributed by atoms with Gasteiger partial charge in [-0.15, -0.1) is 0 Å². The molecule has 0 aliphatic carbocycles. The number of esters is 1. The molecule has 1 amide bonds. The molecule has 0 atom stereocenters. The number of Topliss-reactive ketones (excluding diaryl/α,β-unsaturated/α-hetero) is 1. The second-order valence-electron chi connectivity index (χ2n) is 7.77. The summed E-state index contributed by atoms with van der Waals surface area (Å²) < 4.78 is 12.3. The third kappa shape index (κ3) is 6.52. The van der Waals surface area contributed by atoms with Gasteiger partial charge in [-0.25, -0.2) is 4.79 Å². The van der Waals surface area contributed by atoms with Crippen LogP contribution in [0.1, 0.15) is 51.3 Å². The Morgan fingerprint density at radius 2 is 1.82 bits per heavy atom. The number of rotatable bonds is 9. The third-order valence-electron chi connectivity index (χ3n) is 5.07. The third-order valence-corrected chi connectivity index (χ3v) is 5.07. The Labute approximate surface area is 192 Å². The van der Waals surface area contributed by atoms with Crippen molar-refractivity contribution in [1.29, 1.82) is 0 Å². The van der Waals surface area contributed by atoms with Crippen molar-refractivity contribution in [3.05, 3.63) is 82.1 Å². The van der Waals surface area contributed by atoms with Gasteiger partial charge in [0.1, 0.15) is 5.76 Å². The van der Waals surface area contributed by atoms with E-state index in [-0.39, 0.29) is 18.2 Å². The van der Waals surface area contributed by atoms with Crippen LogP contribution in [0.25, 0.3) is 6.08 Å². The molecule has 33 heavy (non-hydrogen) atoms. The van der Waals surface area contributed by atoms with Gasteiger partial charge in [0.2, 0.25) is 11.7 Å². The second kappa shape index (κ2) is 10.6. The van der Waals surface area contributed by atoms with Crippen LogP contribution in [0, 0.1) is 20.8 Å². The van der Waals surface area contributed by atoms with Gasteiger partial charge in [-0.1, -0.05) is 29.8 Å². The molecule has 0 bridgehead atoms. The minimum Gasteiger partial charge on any atom is -0.456 e. The van der Waals surface area contributed by atoms with E-state index in [0.29, 0.717) is 12.3 Å². The fraction of sp³-hybridized carbons (Fsp3) is 0.280. The van der Waals surface area contributed by atoms with Gasteiger partial charge in [0.25, 0.3) is 0 Å². The number of ether oxygens (including phenoxy) is 1. The average molecular weight is 450 g/mol. The Morgan fingerprint density at radius 3 is 2.52 bits per heavy atom. The number of aryl methyl sites for hydroxylation is 2. The summed E-state index contributed by atoms with van der Waals surface area (Å²) in [6, 6.07) is 11.3. The molecule has 8 heteroatoms. The van der Waals surface area contributed by atoms with Gasteiger partial charge in [0.15, 0.2) is 12.4 Å². The summed E-state index contributed by atoms with van der Waals surface area (Å²) in [6.45, 7) is 7.62. The Kier molecular flexibility index (Phi) is 7.61. The summed E-state index contributed by atoms with van der Waals surface area (Å²) in [5, 5.41) is 7.15. The number of benzene rings is 1. The summed E-state index contributed by atoms with van der Waals surface area (Å²) in [5.41, 5.74) is 4.89. The summed E-state index contributed by atoms with van der Waals surface area (Å²) in [6.07, 6.45) is 2.93. The predicted molar refractivity (Wildman–Crippen MR) is 123 cm³/mol. The van der Waals surface area contributed by atoms with Crippen LogP contribution in [-0.2, 0) is 27.4 Å². The Morgan fingerprint density at radius 1 is 1.09 bits per heavy atom. The summed E-state index contributed by atoms with van der Waals surface area (Å²) in [7, 11) is 0. The van der Waals surface area contributed by atoms with E-state index in [2.05, 4.69) is 34.7 Å². The summed E-state index contributed by atoms with van der Waals surface area (Å²) in [4.78, 5) is 35.3. The molecule has 3 aromatic rings. The first-order chi connectivity index (χ1) is 15.7. The molecule has 0 saturated carbocycles. The number of carbonyl (C=O) groups excluding carboxylic acids is 3.